The molecule has 0 radical (unpaired) electrons. The Morgan fingerprint density at radius 2 is 2.19 bits per heavy atom. The molecule has 0 aliphatic carbocycles. The molecule has 108 valence electrons. The summed E-state index contributed by atoms with van der Waals surface area (Å²) < 4.78 is 3.35. The number of carboxylic acids is 1. The molecule has 9 nitrogen and oxygen atoms in total. The number of aryl methyl sites for hydroxylation is 2. The van der Waals surface area contributed by atoms with Crippen molar-refractivity contribution in [2.24, 2.45) is 14.1 Å². The van der Waals surface area contributed by atoms with Gasteiger partial charge < -0.3 is 15.0 Å². The Balaban J connectivity index is 2.04. The number of carbonyl (C=O) groups is 1. The Labute approximate surface area is 119 Å². The zero-order chi connectivity index (χ0) is 15.0. The average Bonchev–Trinajstić information content (AvgIpc) is 3.03. The van der Waals surface area contributed by atoms with Crippen LogP contribution in [0.2, 0.25) is 0 Å². The number of nitrogens with one attached hydrogen (secondary N) is 1. The SMILES string of the molecule is Cn1cnnc1CNc1c(C(=O)O)cnc2c1cnn2C. The fourth-order valence-electron chi connectivity index (χ4n) is 2.08. The van der Waals surface area contributed by atoms with Crippen molar-refractivity contribution in [3.05, 3.63) is 30.1 Å². The summed E-state index contributed by atoms with van der Waals surface area (Å²) in [7, 11) is 3.57. The number of anilines is 1. The summed E-state index contributed by atoms with van der Waals surface area (Å²) in [6.45, 7) is 0.352. The van der Waals surface area contributed by atoms with Gasteiger partial charge in [0.25, 0.3) is 0 Å². The number of hydrogen-bond donors (Lipinski definition) is 2. The molecule has 0 atom stereocenters. The second kappa shape index (κ2) is 4.85. The molecule has 3 aromatic heterocycles. The number of rotatable bonds is 4. The third-order valence-electron chi connectivity index (χ3n) is 3.22. The smallest absolute Gasteiger partial charge is 0.339 e. The summed E-state index contributed by atoms with van der Waals surface area (Å²) in [5.74, 6) is -0.353. The molecule has 2 N–H and O–H groups in total. The lowest BCUT2D eigenvalue weighted by molar-refractivity contribution is 0.0697. The van der Waals surface area contributed by atoms with E-state index >= 15 is 0 Å². The van der Waals surface area contributed by atoms with E-state index in [0.29, 0.717) is 29.1 Å². The molecule has 0 aliphatic heterocycles. The fraction of sp³-hybridized carbons (Fsp3) is 0.250. The molecule has 21 heavy (non-hydrogen) atoms. The highest BCUT2D eigenvalue weighted by Crippen LogP contribution is 2.25. The minimum atomic E-state index is -1.05. The van der Waals surface area contributed by atoms with Crippen LogP contribution in [-0.4, -0.2) is 40.6 Å². The first-order valence-electron chi connectivity index (χ1n) is 6.18. The highest BCUT2D eigenvalue weighted by Gasteiger charge is 2.17. The van der Waals surface area contributed by atoms with Gasteiger partial charge in [0, 0.05) is 20.3 Å². The van der Waals surface area contributed by atoms with Crippen LogP contribution in [-0.2, 0) is 20.6 Å². The summed E-state index contributed by atoms with van der Waals surface area (Å²) >= 11 is 0. The molecule has 0 aromatic carbocycles. The van der Waals surface area contributed by atoms with Gasteiger partial charge in [-0.05, 0) is 0 Å². The number of fused-ring (bicyclic) bond motifs is 1. The van der Waals surface area contributed by atoms with Gasteiger partial charge >= 0.3 is 5.97 Å². The van der Waals surface area contributed by atoms with Crippen molar-refractivity contribution in [3.8, 4) is 0 Å². The molecule has 3 heterocycles. The van der Waals surface area contributed by atoms with E-state index in [4.69, 9.17) is 0 Å². The van der Waals surface area contributed by atoms with E-state index in [-0.39, 0.29) is 5.56 Å². The molecule has 3 rings (SSSR count). The lowest BCUT2D eigenvalue weighted by Gasteiger charge is -2.10. The van der Waals surface area contributed by atoms with Crippen molar-refractivity contribution in [3.63, 3.8) is 0 Å². The quantitative estimate of drug-likeness (QED) is 0.714. The summed E-state index contributed by atoms with van der Waals surface area (Å²) in [5, 5.41) is 24.9. The van der Waals surface area contributed by atoms with Crippen LogP contribution in [0.1, 0.15) is 16.2 Å². The molecular formula is C12H13N7O2. The second-order valence-electron chi connectivity index (χ2n) is 4.57. The molecule has 0 fully saturated rings. The summed E-state index contributed by atoms with van der Waals surface area (Å²) in [4.78, 5) is 15.5. The number of hydrogen-bond acceptors (Lipinski definition) is 6. The summed E-state index contributed by atoms with van der Waals surface area (Å²) in [6.07, 6.45) is 4.50. The lowest BCUT2D eigenvalue weighted by Crippen LogP contribution is -2.10. The minimum absolute atomic E-state index is 0.0951. The van der Waals surface area contributed by atoms with E-state index in [2.05, 4.69) is 25.6 Å². The van der Waals surface area contributed by atoms with E-state index in [1.54, 1.807) is 28.8 Å². The first kappa shape index (κ1) is 13.0. The van der Waals surface area contributed by atoms with Gasteiger partial charge in [-0.3, -0.25) is 4.68 Å². The molecule has 0 unspecified atom stereocenters. The van der Waals surface area contributed by atoms with Gasteiger partial charge in [0.1, 0.15) is 11.9 Å². The Morgan fingerprint density at radius 1 is 1.38 bits per heavy atom. The Bertz CT molecular complexity index is 820. The normalized spacial score (nSPS) is 11.0. The molecule has 9 heteroatoms. The molecule has 0 saturated carbocycles. The van der Waals surface area contributed by atoms with Crippen molar-refractivity contribution >= 4 is 22.7 Å². The van der Waals surface area contributed by atoms with Gasteiger partial charge in [0.15, 0.2) is 11.5 Å². The molecule has 0 saturated heterocycles. The zero-order valence-electron chi connectivity index (χ0n) is 11.5. The van der Waals surface area contributed by atoms with Gasteiger partial charge in [0.05, 0.1) is 23.8 Å². The summed E-state index contributed by atoms with van der Waals surface area (Å²) in [5.41, 5.74) is 1.18. The molecule has 3 aromatic rings. The Kier molecular flexibility index (Phi) is 3.01. The number of aromatic nitrogens is 6. The lowest BCUT2D eigenvalue weighted by atomic mass is 10.2. The third-order valence-corrected chi connectivity index (χ3v) is 3.22. The number of pyridine rings is 1. The maximum absolute atomic E-state index is 11.4. The van der Waals surface area contributed by atoms with Gasteiger partial charge in [-0.1, -0.05) is 0 Å². The van der Waals surface area contributed by atoms with E-state index in [9.17, 15) is 9.90 Å². The monoisotopic (exact) mass is 287 g/mol. The van der Waals surface area contributed by atoms with Gasteiger partial charge in [-0.15, -0.1) is 10.2 Å². The maximum atomic E-state index is 11.4. The molecule has 0 amide bonds. The topological polar surface area (TPSA) is 111 Å². The maximum Gasteiger partial charge on any atom is 0.339 e. The first-order valence-corrected chi connectivity index (χ1v) is 6.18. The highest BCUT2D eigenvalue weighted by molar-refractivity contribution is 6.03. The Hall–Kier alpha value is -2.97. The van der Waals surface area contributed by atoms with Gasteiger partial charge in [-0.2, -0.15) is 5.10 Å². The van der Waals surface area contributed by atoms with Crippen molar-refractivity contribution in [2.75, 3.05) is 5.32 Å². The van der Waals surface area contributed by atoms with Crippen LogP contribution in [0.3, 0.4) is 0 Å². The molecule has 0 aliphatic rings. The molecule has 0 bridgehead atoms. The van der Waals surface area contributed by atoms with Gasteiger partial charge in [-0.25, -0.2) is 9.78 Å². The minimum Gasteiger partial charge on any atom is -0.478 e. The van der Waals surface area contributed by atoms with Crippen LogP contribution in [0.25, 0.3) is 11.0 Å². The summed E-state index contributed by atoms with van der Waals surface area (Å²) in [6, 6.07) is 0. The number of carboxylic acid groups (broad SMARTS) is 1. The molecular weight excluding hydrogens is 274 g/mol. The van der Waals surface area contributed by atoms with Crippen LogP contribution < -0.4 is 5.32 Å². The van der Waals surface area contributed by atoms with Crippen LogP contribution in [0, 0.1) is 0 Å². The highest BCUT2D eigenvalue weighted by atomic mass is 16.4. The predicted molar refractivity (Wildman–Crippen MR) is 73.8 cm³/mol. The van der Waals surface area contributed by atoms with Crippen molar-refractivity contribution in [1.29, 1.82) is 0 Å². The number of aromatic carboxylic acids is 1. The number of nitrogens with zero attached hydrogens (tertiary/aromatic N) is 6. The molecule has 0 spiro atoms. The van der Waals surface area contributed by atoms with Crippen molar-refractivity contribution < 1.29 is 9.90 Å². The van der Waals surface area contributed by atoms with Crippen LogP contribution >= 0.6 is 0 Å². The van der Waals surface area contributed by atoms with Crippen molar-refractivity contribution in [2.45, 2.75) is 6.54 Å². The van der Waals surface area contributed by atoms with E-state index in [0.717, 1.165) is 0 Å². The van der Waals surface area contributed by atoms with Crippen LogP contribution in [0.5, 0.6) is 0 Å². The van der Waals surface area contributed by atoms with Crippen LogP contribution in [0.4, 0.5) is 5.69 Å². The first-order chi connectivity index (χ1) is 10.1. The third kappa shape index (κ3) is 2.18. The van der Waals surface area contributed by atoms with Gasteiger partial charge in [0.2, 0.25) is 0 Å². The second-order valence-corrected chi connectivity index (χ2v) is 4.57. The fourth-order valence-corrected chi connectivity index (χ4v) is 2.08. The van der Waals surface area contributed by atoms with Crippen molar-refractivity contribution in [1.82, 2.24) is 29.5 Å². The van der Waals surface area contributed by atoms with E-state index in [1.165, 1.54) is 6.20 Å². The van der Waals surface area contributed by atoms with E-state index < -0.39 is 5.97 Å². The Morgan fingerprint density at radius 3 is 2.86 bits per heavy atom. The largest absolute Gasteiger partial charge is 0.478 e. The average molecular weight is 287 g/mol. The van der Waals surface area contributed by atoms with E-state index in [1.807, 2.05) is 7.05 Å². The standard InChI is InChI=1S/C12H13N7O2/c1-18-6-15-17-9(18)5-13-10-7-4-16-19(2)11(7)14-3-8(10)12(20)21/h3-4,6H,5H2,1-2H3,(H,13,14)(H,20,21). The van der Waals surface area contributed by atoms with Crippen LogP contribution in [0.15, 0.2) is 18.7 Å². The predicted octanol–water partition coefficient (Wildman–Crippen LogP) is 0.407. The zero-order valence-corrected chi connectivity index (χ0v) is 11.5.